The van der Waals surface area contributed by atoms with Crippen molar-refractivity contribution >= 4 is 5.52 Å². The number of imidazole rings is 1. The molecule has 80 valence electrons. The first-order valence-corrected chi connectivity index (χ1v) is 5.09. The summed E-state index contributed by atoms with van der Waals surface area (Å²) in [5.41, 5.74) is 7.78. The van der Waals surface area contributed by atoms with Gasteiger partial charge in [0, 0.05) is 12.7 Å². The summed E-state index contributed by atoms with van der Waals surface area (Å²) in [6.45, 7) is 0.508. The van der Waals surface area contributed by atoms with Crippen molar-refractivity contribution in [2.45, 2.75) is 6.54 Å². The number of furan rings is 1. The number of fused-ring (bicyclic) bond motifs is 1. The fourth-order valence-electron chi connectivity index (χ4n) is 1.84. The van der Waals surface area contributed by atoms with E-state index in [1.165, 1.54) is 0 Å². The van der Waals surface area contributed by atoms with Crippen LogP contribution < -0.4 is 5.73 Å². The minimum Gasteiger partial charge on any atom is -0.461 e. The number of nitrogens with zero attached hydrogens (tertiary/aromatic N) is 2. The van der Waals surface area contributed by atoms with Gasteiger partial charge in [-0.1, -0.05) is 6.07 Å². The Hall–Kier alpha value is -2.07. The summed E-state index contributed by atoms with van der Waals surface area (Å²) in [5, 5.41) is 0. The van der Waals surface area contributed by atoms with Crippen LogP contribution in [0.2, 0.25) is 0 Å². The third-order valence-electron chi connectivity index (χ3n) is 2.62. The Bertz CT molecular complexity index is 610. The monoisotopic (exact) mass is 213 g/mol. The second-order valence-corrected chi connectivity index (χ2v) is 3.55. The Balaban J connectivity index is 2.29. The number of hydrogen-bond acceptors (Lipinski definition) is 3. The molecule has 3 heterocycles. The fraction of sp³-hybridized carbons (Fsp3) is 0.0833. The number of nitrogens with two attached hydrogens (primary N) is 1. The first-order valence-electron chi connectivity index (χ1n) is 5.09. The highest BCUT2D eigenvalue weighted by atomic mass is 16.3. The maximum absolute atomic E-state index is 5.68. The molecular weight excluding hydrogens is 202 g/mol. The molecule has 0 aromatic carbocycles. The van der Waals surface area contributed by atoms with E-state index < -0.39 is 0 Å². The molecule has 16 heavy (non-hydrogen) atoms. The molecule has 0 amide bonds. The van der Waals surface area contributed by atoms with Crippen LogP contribution in [0.3, 0.4) is 0 Å². The predicted octanol–water partition coefficient (Wildman–Crippen LogP) is 2.05. The van der Waals surface area contributed by atoms with Gasteiger partial charge in [-0.3, -0.25) is 4.40 Å². The maximum Gasteiger partial charge on any atom is 0.180 e. The summed E-state index contributed by atoms with van der Waals surface area (Å²) in [6, 6.07) is 7.71. The van der Waals surface area contributed by atoms with Gasteiger partial charge in [-0.05, 0) is 23.8 Å². The van der Waals surface area contributed by atoms with Crippen LogP contribution in [0, 0.1) is 0 Å². The molecule has 3 aromatic rings. The smallest absolute Gasteiger partial charge is 0.180 e. The standard InChI is InChI=1S/C12H11N3O/c13-7-9-3-1-5-15-10(9)8-14-12(15)11-4-2-6-16-11/h1-6,8H,7,13H2. The first-order chi connectivity index (χ1) is 7.90. The summed E-state index contributed by atoms with van der Waals surface area (Å²) < 4.78 is 7.33. The molecule has 0 saturated heterocycles. The molecule has 3 aromatic heterocycles. The fourth-order valence-corrected chi connectivity index (χ4v) is 1.84. The SMILES string of the molecule is NCc1cccn2c(-c3ccco3)ncc12. The lowest BCUT2D eigenvalue weighted by Gasteiger charge is -2.01. The third-order valence-corrected chi connectivity index (χ3v) is 2.62. The van der Waals surface area contributed by atoms with E-state index in [2.05, 4.69) is 4.98 Å². The number of rotatable bonds is 2. The van der Waals surface area contributed by atoms with Crippen molar-refractivity contribution < 1.29 is 4.42 Å². The molecular formula is C12H11N3O. The quantitative estimate of drug-likeness (QED) is 0.708. The van der Waals surface area contributed by atoms with Crippen LogP contribution in [0.25, 0.3) is 17.1 Å². The summed E-state index contributed by atoms with van der Waals surface area (Å²) >= 11 is 0. The van der Waals surface area contributed by atoms with Crippen LogP contribution in [0.15, 0.2) is 47.3 Å². The lowest BCUT2D eigenvalue weighted by molar-refractivity contribution is 0.577. The van der Waals surface area contributed by atoms with Gasteiger partial charge in [0.2, 0.25) is 0 Å². The van der Waals surface area contributed by atoms with Gasteiger partial charge in [0.25, 0.3) is 0 Å². The Morgan fingerprint density at radius 3 is 3.00 bits per heavy atom. The van der Waals surface area contributed by atoms with E-state index in [0.29, 0.717) is 6.54 Å². The van der Waals surface area contributed by atoms with Gasteiger partial charge in [-0.25, -0.2) is 4.98 Å². The molecule has 0 aliphatic heterocycles. The van der Waals surface area contributed by atoms with E-state index in [4.69, 9.17) is 10.2 Å². The van der Waals surface area contributed by atoms with Crippen LogP contribution in [0.5, 0.6) is 0 Å². The molecule has 0 aliphatic rings. The van der Waals surface area contributed by atoms with Crippen molar-refractivity contribution in [2.24, 2.45) is 5.73 Å². The van der Waals surface area contributed by atoms with Crippen LogP contribution in [-0.2, 0) is 6.54 Å². The second-order valence-electron chi connectivity index (χ2n) is 3.55. The Morgan fingerprint density at radius 2 is 2.25 bits per heavy atom. The molecule has 0 fully saturated rings. The predicted molar refractivity (Wildman–Crippen MR) is 60.8 cm³/mol. The van der Waals surface area contributed by atoms with E-state index in [-0.39, 0.29) is 0 Å². The summed E-state index contributed by atoms with van der Waals surface area (Å²) in [5.74, 6) is 1.56. The van der Waals surface area contributed by atoms with E-state index in [0.717, 1.165) is 22.7 Å². The first kappa shape index (κ1) is 9.18. The molecule has 0 bridgehead atoms. The summed E-state index contributed by atoms with van der Waals surface area (Å²) in [4.78, 5) is 4.36. The molecule has 4 heteroatoms. The van der Waals surface area contributed by atoms with E-state index in [9.17, 15) is 0 Å². The van der Waals surface area contributed by atoms with Crippen LogP contribution >= 0.6 is 0 Å². The lowest BCUT2D eigenvalue weighted by Crippen LogP contribution is -1.99. The van der Waals surface area contributed by atoms with Gasteiger partial charge < -0.3 is 10.2 Å². The zero-order valence-electron chi connectivity index (χ0n) is 8.63. The van der Waals surface area contributed by atoms with Crippen molar-refractivity contribution in [2.75, 3.05) is 0 Å². The molecule has 0 saturated carbocycles. The van der Waals surface area contributed by atoms with Gasteiger partial charge in [0.15, 0.2) is 11.6 Å². The molecule has 0 unspecified atom stereocenters. The topological polar surface area (TPSA) is 56.5 Å². The maximum atomic E-state index is 5.68. The summed E-state index contributed by atoms with van der Waals surface area (Å²) in [7, 11) is 0. The molecule has 0 spiro atoms. The molecule has 4 nitrogen and oxygen atoms in total. The van der Waals surface area contributed by atoms with Crippen LogP contribution in [0.1, 0.15) is 5.56 Å². The van der Waals surface area contributed by atoms with Crippen molar-refractivity contribution in [1.82, 2.24) is 9.38 Å². The summed E-state index contributed by atoms with van der Waals surface area (Å²) in [6.07, 6.45) is 5.42. The zero-order chi connectivity index (χ0) is 11.0. The van der Waals surface area contributed by atoms with Gasteiger partial charge in [0.05, 0.1) is 18.0 Å². The van der Waals surface area contributed by atoms with Crippen molar-refractivity contribution in [3.63, 3.8) is 0 Å². The average molecular weight is 213 g/mol. The van der Waals surface area contributed by atoms with Crippen molar-refractivity contribution in [3.8, 4) is 11.6 Å². The van der Waals surface area contributed by atoms with E-state index in [1.807, 2.05) is 41.1 Å². The molecule has 3 rings (SSSR count). The van der Waals surface area contributed by atoms with Crippen molar-refractivity contribution in [3.05, 3.63) is 48.5 Å². The molecule has 0 radical (unpaired) electrons. The lowest BCUT2D eigenvalue weighted by atomic mass is 10.2. The Kier molecular flexibility index (Phi) is 2.01. The normalized spacial score (nSPS) is 11.1. The minimum absolute atomic E-state index is 0.508. The molecule has 0 atom stereocenters. The molecule has 2 N–H and O–H groups in total. The van der Waals surface area contributed by atoms with Gasteiger partial charge >= 0.3 is 0 Å². The van der Waals surface area contributed by atoms with Gasteiger partial charge in [-0.15, -0.1) is 0 Å². The third kappa shape index (κ3) is 1.24. The van der Waals surface area contributed by atoms with Crippen LogP contribution in [-0.4, -0.2) is 9.38 Å². The van der Waals surface area contributed by atoms with Gasteiger partial charge in [-0.2, -0.15) is 0 Å². The number of pyridine rings is 1. The van der Waals surface area contributed by atoms with E-state index >= 15 is 0 Å². The number of hydrogen-bond donors (Lipinski definition) is 1. The van der Waals surface area contributed by atoms with Crippen molar-refractivity contribution in [1.29, 1.82) is 0 Å². The average Bonchev–Trinajstić information content (AvgIpc) is 2.96. The number of aromatic nitrogens is 2. The second kappa shape index (κ2) is 3.50. The molecule has 0 aliphatic carbocycles. The zero-order valence-corrected chi connectivity index (χ0v) is 8.63. The Morgan fingerprint density at radius 1 is 1.31 bits per heavy atom. The minimum atomic E-state index is 0.508. The largest absolute Gasteiger partial charge is 0.461 e. The van der Waals surface area contributed by atoms with Crippen LogP contribution in [0.4, 0.5) is 0 Å². The van der Waals surface area contributed by atoms with E-state index in [1.54, 1.807) is 6.26 Å². The Labute approximate surface area is 92.3 Å². The highest BCUT2D eigenvalue weighted by Gasteiger charge is 2.09. The highest BCUT2D eigenvalue weighted by molar-refractivity contribution is 5.61. The van der Waals surface area contributed by atoms with Gasteiger partial charge in [0.1, 0.15) is 0 Å². The highest BCUT2D eigenvalue weighted by Crippen LogP contribution is 2.21.